The van der Waals surface area contributed by atoms with Crippen molar-refractivity contribution in [3.63, 3.8) is 0 Å². The van der Waals surface area contributed by atoms with E-state index in [1.807, 2.05) is 73.0 Å². The van der Waals surface area contributed by atoms with Gasteiger partial charge in [-0.05, 0) is 115 Å². The summed E-state index contributed by atoms with van der Waals surface area (Å²) in [5, 5.41) is 0. The maximum atomic E-state index is 7.76. The van der Waals surface area contributed by atoms with Gasteiger partial charge in [0, 0.05) is 53.7 Å². The van der Waals surface area contributed by atoms with Crippen LogP contribution in [0.15, 0.2) is 0 Å². The van der Waals surface area contributed by atoms with E-state index in [9.17, 15) is 0 Å². The molecule has 19 heteroatoms. The van der Waals surface area contributed by atoms with Gasteiger partial charge in [0.25, 0.3) is 0 Å². The second kappa shape index (κ2) is 54.1. The molecule has 458 valence electrons. The van der Waals surface area contributed by atoms with Crippen LogP contribution in [0.25, 0.3) is 0 Å². The highest BCUT2D eigenvalue weighted by atomic mass is 32.2. The molecule has 0 aliphatic heterocycles. The fourth-order valence-corrected chi connectivity index (χ4v) is 38.5. The molecule has 76 heavy (non-hydrogen) atoms. The molecule has 0 aromatic heterocycles. The Kier molecular flexibility index (Phi) is 55.9. The van der Waals surface area contributed by atoms with Crippen LogP contribution in [0.5, 0.6) is 0 Å². The van der Waals surface area contributed by atoms with E-state index in [4.69, 9.17) is 38.6 Å². The summed E-state index contributed by atoms with van der Waals surface area (Å²) in [5.41, 5.74) is 0. The molecule has 0 saturated heterocycles. The van der Waals surface area contributed by atoms with Crippen molar-refractivity contribution in [2.45, 2.75) is 271 Å². The topological polar surface area (TPSA) is 83.1 Å². The zero-order valence-corrected chi connectivity index (χ0v) is 61.1. The van der Waals surface area contributed by atoms with Crippen LogP contribution < -0.4 is 0 Å². The summed E-state index contributed by atoms with van der Waals surface area (Å²) in [6.07, 6.45) is 39.0. The maximum absolute atomic E-state index is 7.76. The van der Waals surface area contributed by atoms with Crippen molar-refractivity contribution in [2.24, 2.45) is 0 Å². The fraction of sp³-hybridized carbons (Fsp3) is 1.00. The Morgan fingerprint density at radius 2 is 0.421 bits per heavy atom. The van der Waals surface area contributed by atoms with Gasteiger partial charge in [-0.15, -0.1) is 0 Å². The van der Waals surface area contributed by atoms with Crippen molar-refractivity contribution in [1.82, 2.24) is 0 Å². The summed E-state index contributed by atoms with van der Waals surface area (Å²) < 4.78 is 64.1. The summed E-state index contributed by atoms with van der Waals surface area (Å²) in [6.45, 7) is 15.9. The Hall–Kier alpha value is 2.47. The molecule has 0 N–H and O–H groups in total. The van der Waals surface area contributed by atoms with Crippen LogP contribution in [-0.2, 0) is 38.6 Å². The van der Waals surface area contributed by atoms with Gasteiger partial charge in [-0.25, -0.2) is 0 Å². The molecule has 5 atom stereocenters. The molecule has 0 saturated carbocycles. The standard InChI is InChI=1S/C57H126O9S5Si5/c1-13-18-23-28-33-38-43-67-48-53-72(11,58-6)63-74(60-8,55-50-69-45-40-35-30-25-20-15-3)65-76(62-10,57-52-71-47-42-37-32-27-22-17-5)66-75(61-9,56-51-70-46-41-36-31-26-21-16-4)64-73(12,59-7)54-49-68-44-39-34-29-24-19-14-2/h13-57H2,1-12H3/t72-,73?,74?,75?,76?/m0/s1. The van der Waals surface area contributed by atoms with Gasteiger partial charge in [0.05, 0.1) is 0 Å². The highest BCUT2D eigenvalue weighted by molar-refractivity contribution is 8.00. The lowest BCUT2D eigenvalue weighted by atomic mass is 10.1. The Bertz CT molecular complexity index is 1170. The first-order valence-electron chi connectivity index (χ1n) is 31.4. The number of rotatable bonds is 63. The van der Waals surface area contributed by atoms with Gasteiger partial charge in [-0.2, -0.15) is 58.8 Å². The van der Waals surface area contributed by atoms with Crippen molar-refractivity contribution in [2.75, 3.05) is 93.1 Å². The summed E-state index contributed by atoms with van der Waals surface area (Å²) >= 11 is 10.1. The van der Waals surface area contributed by atoms with Crippen LogP contribution in [0.3, 0.4) is 0 Å². The van der Waals surface area contributed by atoms with Crippen molar-refractivity contribution < 1.29 is 38.6 Å². The van der Waals surface area contributed by atoms with Crippen molar-refractivity contribution in [3.8, 4) is 0 Å². The summed E-state index contributed by atoms with van der Waals surface area (Å²) in [6, 6.07) is 3.64. The molecule has 4 unspecified atom stereocenters. The lowest BCUT2D eigenvalue weighted by Gasteiger charge is -2.45. The number of thioether (sulfide) groups is 5. The molecule has 0 aliphatic rings. The van der Waals surface area contributed by atoms with E-state index in [0.717, 1.165) is 58.1 Å². The van der Waals surface area contributed by atoms with Gasteiger partial charge in [-0.3, -0.25) is 0 Å². The van der Waals surface area contributed by atoms with Crippen LogP contribution >= 0.6 is 58.8 Å². The first kappa shape index (κ1) is 78.5. The zero-order valence-electron chi connectivity index (χ0n) is 52.0. The molecule has 0 heterocycles. The second-order valence-corrected chi connectivity index (χ2v) is 44.0. The maximum Gasteiger partial charge on any atom is 0.486 e. The molecule has 9 nitrogen and oxygen atoms in total. The Morgan fingerprint density at radius 3 is 0.632 bits per heavy atom. The third-order valence-electron chi connectivity index (χ3n) is 14.4. The van der Waals surface area contributed by atoms with E-state index in [-0.39, 0.29) is 0 Å². The van der Waals surface area contributed by atoms with E-state index in [0.29, 0.717) is 18.1 Å². The highest BCUT2D eigenvalue weighted by Crippen LogP contribution is 2.37. The number of unbranched alkanes of at least 4 members (excludes halogenated alkanes) is 25. The molecule has 0 aromatic rings. The van der Waals surface area contributed by atoms with Crippen molar-refractivity contribution in [3.05, 3.63) is 0 Å². The Labute approximate surface area is 500 Å². The Morgan fingerprint density at radius 1 is 0.224 bits per heavy atom. The molecule has 0 rings (SSSR count). The van der Waals surface area contributed by atoms with Gasteiger partial charge in [0.2, 0.25) is 0 Å². The first-order chi connectivity index (χ1) is 36.9. The molecular formula is C57H126O9S5Si5. The summed E-state index contributed by atoms with van der Waals surface area (Å²) in [7, 11) is -7.34. The predicted molar refractivity (Wildman–Crippen MR) is 357 cm³/mol. The molecule has 0 aliphatic carbocycles. The van der Waals surface area contributed by atoms with E-state index in [2.05, 4.69) is 47.7 Å². The predicted octanol–water partition coefficient (Wildman–Crippen LogP) is 19.7. The van der Waals surface area contributed by atoms with E-state index >= 15 is 0 Å². The summed E-state index contributed by atoms with van der Waals surface area (Å²) in [5.74, 6) is 10.3. The number of hydrogen-bond donors (Lipinski definition) is 0. The average molecular weight is 1260 g/mol. The monoisotopic (exact) mass is 1250 g/mol. The van der Waals surface area contributed by atoms with Crippen molar-refractivity contribution in [1.29, 1.82) is 0 Å². The van der Waals surface area contributed by atoms with Crippen LogP contribution in [0.4, 0.5) is 0 Å². The van der Waals surface area contributed by atoms with Gasteiger partial charge in [0.1, 0.15) is 0 Å². The van der Waals surface area contributed by atoms with Crippen LogP contribution in [0, 0.1) is 0 Å². The van der Waals surface area contributed by atoms with Gasteiger partial charge in [0.15, 0.2) is 0 Å². The molecule has 0 amide bonds. The molecular weight excluding hydrogens is 1130 g/mol. The van der Waals surface area contributed by atoms with E-state index in [1.165, 1.54) is 204 Å². The smallest absolute Gasteiger partial charge is 0.398 e. The minimum absolute atomic E-state index is 0.613. The zero-order chi connectivity index (χ0) is 56.2. The normalized spacial score (nSPS) is 16.1. The van der Waals surface area contributed by atoms with Crippen molar-refractivity contribution >= 4 is 102 Å². The number of hydrogen-bond acceptors (Lipinski definition) is 14. The lowest BCUT2D eigenvalue weighted by Crippen LogP contribution is -2.67. The third kappa shape index (κ3) is 42.3. The average Bonchev–Trinajstić information content (AvgIpc) is 3.42. The van der Waals surface area contributed by atoms with Crippen LogP contribution in [0.2, 0.25) is 43.3 Å². The third-order valence-corrected chi connectivity index (χ3v) is 41.0. The minimum Gasteiger partial charge on any atom is -0.398 e. The van der Waals surface area contributed by atoms with Gasteiger partial charge < -0.3 is 38.6 Å². The molecule has 0 spiro atoms. The highest BCUT2D eigenvalue weighted by Gasteiger charge is 2.61. The molecule has 0 aromatic carbocycles. The minimum atomic E-state index is -3.70. The van der Waals surface area contributed by atoms with Gasteiger partial charge >= 0.3 is 43.5 Å². The molecule has 0 fully saturated rings. The molecule has 0 bridgehead atoms. The second-order valence-electron chi connectivity index (χ2n) is 21.4. The van der Waals surface area contributed by atoms with Gasteiger partial charge in [-0.1, -0.05) is 195 Å². The van der Waals surface area contributed by atoms with E-state index < -0.39 is 43.5 Å². The quantitative estimate of drug-likeness (QED) is 0.0428. The van der Waals surface area contributed by atoms with E-state index in [1.54, 1.807) is 21.3 Å². The largest absolute Gasteiger partial charge is 0.486 e. The lowest BCUT2D eigenvalue weighted by molar-refractivity contribution is 0.0839. The first-order valence-corrected chi connectivity index (χ1v) is 48.0. The SMILES string of the molecule is CCCCCCCCSCC[Si](C)(OC)O[Si](CCSCCCCCCCC)(OC)O[Si](CCSCCCCCCCC)(OC)O[Si](CCSCCCCCCCC)(OC)O[Si@@](C)(CCSCCCCCCCC)OC. The Balaban J connectivity index is 7.13. The fourth-order valence-electron chi connectivity index (χ4n) is 8.99. The van der Waals surface area contributed by atoms with Crippen LogP contribution in [0.1, 0.15) is 227 Å². The summed E-state index contributed by atoms with van der Waals surface area (Å²) in [4.78, 5) is 0. The molecule has 0 radical (unpaired) electrons. The van der Waals surface area contributed by atoms with Crippen LogP contribution in [-0.4, -0.2) is 137 Å².